The molecule has 0 aliphatic rings. The quantitative estimate of drug-likeness (QED) is 0.755. The molecule has 0 saturated heterocycles. The van der Waals surface area contributed by atoms with Gasteiger partial charge in [-0.3, -0.25) is 0 Å². The van der Waals surface area contributed by atoms with E-state index in [2.05, 4.69) is 0 Å². The number of hydrogen-bond donors (Lipinski definition) is 1. The van der Waals surface area contributed by atoms with Crippen LogP contribution in [0.3, 0.4) is 0 Å². The van der Waals surface area contributed by atoms with Crippen LogP contribution in [0.2, 0.25) is 0 Å². The van der Waals surface area contributed by atoms with Crippen molar-refractivity contribution in [3.63, 3.8) is 0 Å². The molecular formula is C12H16FNO. The van der Waals surface area contributed by atoms with Gasteiger partial charge in [-0.15, -0.1) is 0 Å². The summed E-state index contributed by atoms with van der Waals surface area (Å²) in [5.74, 6) is -0.00787. The second-order valence-electron chi connectivity index (χ2n) is 3.15. The molecule has 0 unspecified atom stereocenters. The first-order valence-electron chi connectivity index (χ1n) is 5.01. The SMILES string of the molecule is C/C=C/COc1c(F)cccc1CCN. The van der Waals surface area contributed by atoms with E-state index >= 15 is 0 Å². The summed E-state index contributed by atoms with van der Waals surface area (Å²) in [6.07, 6.45) is 4.32. The maximum atomic E-state index is 13.4. The number of hydrogen-bond acceptors (Lipinski definition) is 2. The lowest BCUT2D eigenvalue weighted by molar-refractivity contribution is 0.337. The molecule has 2 N–H and O–H groups in total. The second kappa shape index (κ2) is 6.19. The van der Waals surface area contributed by atoms with Gasteiger partial charge in [0.05, 0.1) is 0 Å². The predicted molar refractivity (Wildman–Crippen MR) is 59.5 cm³/mol. The van der Waals surface area contributed by atoms with Crippen LogP contribution in [0.1, 0.15) is 12.5 Å². The third kappa shape index (κ3) is 3.36. The van der Waals surface area contributed by atoms with Crippen molar-refractivity contribution in [1.82, 2.24) is 0 Å². The van der Waals surface area contributed by atoms with Crippen molar-refractivity contribution in [2.75, 3.05) is 13.2 Å². The second-order valence-corrected chi connectivity index (χ2v) is 3.15. The predicted octanol–water partition coefficient (Wildman–Crippen LogP) is 2.28. The van der Waals surface area contributed by atoms with Crippen LogP contribution in [-0.2, 0) is 6.42 Å². The number of allylic oxidation sites excluding steroid dienone is 1. The molecule has 0 aliphatic heterocycles. The van der Waals surface area contributed by atoms with Crippen LogP contribution in [0, 0.1) is 5.82 Å². The number of nitrogens with two attached hydrogens (primary N) is 1. The summed E-state index contributed by atoms with van der Waals surface area (Å²) < 4.78 is 18.8. The Morgan fingerprint density at radius 2 is 2.27 bits per heavy atom. The molecule has 0 atom stereocenters. The highest BCUT2D eigenvalue weighted by Crippen LogP contribution is 2.22. The van der Waals surface area contributed by atoms with Crippen LogP contribution in [-0.4, -0.2) is 13.2 Å². The van der Waals surface area contributed by atoms with E-state index in [-0.39, 0.29) is 5.82 Å². The summed E-state index contributed by atoms with van der Waals surface area (Å²) in [7, 11) is 0. The zero-order chi connectivity index (χ0) is 11.1. The maximum Gasteiger partial charge on any atom is 0.165 e. The highest BCUT2D eigenvalue weighted by atomic mass is 19.1. The van der Waals surface area contributed by atoms with Gasteiger partial charge in [0.2, 0.25) is 0 Å². The Hall–Kier alpha value is -1.35. The standard InChI is InChI=1S/C12H16FNO/c1-2-3-9-15-12-10(7-8-14)5-4-6-11(12)13/h2-6H,7-9,14H2,1H3/b3-2+. The van der Waals surface area contributed by atoms with Crippen LogP contribution in [0.5, 0.6) is 5.75 Å². The minimum atomic E-state index is -0.328. The van der Waals surface area contributed by atoms with E-state index in [1.54, 1.807) is 6.07 Å². The van der Waals surface area contributed by atoms with Gasteiger partial charge in [-0.25, -0.2) is 4.39 Å². The molecule has 0 fully saturated rings. The first-order chi connectivity index (χ1) is 7.29. The Morgan fingerprint density at radius 1 is 1.47 bits per heavy atom. The summed E-state index contributed by atoms with van der Waals surface area (Å²) in [6, 6.07) is 4.90. The van der Waals surface area contributed by atoms with Crippen molar-refractivity contribution in [3.05, 3.63) is 41.7 Å². The fraction of sp³-hybridized carbons (Fsp3) is 0.333. The summed E-state index contributed by atoms with van der Waals surface area (Å²) >= 11 is 0. The van der Waals surface area contributed by atoms with Crippen molar-refractivity contribution in [2.24, 2.45) is 5.73 Å². The average Bonchev–Trinajstić information content (AvgIpc) is 2.23. The summed E-state index contributed by atoms with van der Waals surface area (Å²) in [4.78, 5) is 0. The van der Waals surface area contributed by atoms with Crippen molar-refractivity contribution >= 4 is 0 Å². The molecule has 0 aliphatic carbocycles. The van der Waals surface area contributed by atoms with E-state index in [0.29, 0.717) is 25.3 Å². The van der Waals surface area contributed by atoms with Crippen LogP contribution in [0.4, 0.5) is 4.39 Å². The molecule has 1 rings (SSSR count). The van der Waals surface area contributed by atoms with Crippen LogP contribution >= 0.6 is 0 Å². The number of para-hydroxylation sites is 1. The Balaban J connectivity index is 2.81. The molecule has 1 aromatic carbocycles. The van der Waals surface area contributed by atoms with Crippen LogP contribution in [0.25, 0.3) is 0 Å². The minimum Gasteiger partial charge on any atom is -0.486 e. The average molecular weight is 209 g/mol. The van der Waals surface area contributed by atoms with Gasteiger partial charge in [0.1, 0.15) is 6.61 Å². The van der Waals surface area contributed by atoms with Gasteiger partial charge in [0, 0.05) is 0 Å². The fourth-order valence-electron chi connectivity index (χ4n) is 1.30. The summed E-state index contributed by atoms with van der Waals surface area (Å²) in [5, 5.41) is 0. The summed E-state index contributed by atoms with van der Waals surface area (Å²) in [5.41, 5.74) is 6.26. The third-order valence-corrected chi connectivity index (χ3v) is 2.02. The van der Waals surface area contributed by atoms with Gasteiger partial charge in [-0.1, -0.05) is 24.3 Å². The van der Waals surface area contributed by atoms with E-state index in [9.17, 15) is 4.39 Å². The van der Waals surface area contributed by atoms with Gasteiger partial charge in [-0.2, -0.15) is 0 Å². The topological polar surface area (TPSA) is 35.2 Å². The van der Waals surface area contributed by atoms with Crippen molar-refractivity contribution in [1.29, 1.82) is 0 Å². The molecule has 0 amide bonds. The molecule has 15 heavy (non-hydrogen) atoms. The van der Waals surface area contributed by atoms with Gasteiger partial charge in [0.25, 0.3) is 0 Å². The normalized spacial score (nSPS) is 10.9. The zero-order valence-corrected chi connectivity index (χ0v) is 8.87. The number of benzene rings is 1. The van der Waals surface area contributed by atoms with E-state index in [4.69, 9.17) is 10.5 Å². The molecule has 0 heterocycles. The minimum absolute atomic E-state index is 0.320. The molecule has 0 spiro atoms. The lowest BCUT2D eigenvalue weighted by Gasteiger charge is -2.10. The Bertz CT molecular complexity index is 336. The number of rotatable bonds is 5. The zero-order valence-electron chi connectivity index (χ0n) is 8.87. The molecule has 0 bridgehead atoms. The van der Waals surface area contributed by atoms with E-state index in [1.165, 1.54) is 6.07 Å². The van der Waals surface area contributed by atoms with Gasteiger partial charge < -0.3 is 10.5 Å². The molecule has 3 heteroatoms. The molecule has 0 aromatic heterocycles. The van der Waals surface area contributed by atoms with Crippen LogP contribution in [0.15, 0.2) is 30.4 Å². The molecule has 0 radical (unpaired) electrons. The van der Waals surface area contributed by atoms with Gasteiger partial charge in [-0.05, 0) is 31.5 Å². The van der Waals surface area contributed by atoms with E-state index in [1.807, 2.05) is 25.1 Å². The van der Waals surface area contributed by atoms with E-state index in [0.717, 1.165) is 5.56 Å². The maximum absolute atomic E-state index is 13.4. The smallest absolute Gasteiger partial charge is 0.165 e. The highest BCUT2D eigenvalue weighted by Gasteiger charge is 2.08. The first kappa shape index (κ1) is 11.7. The number of halogens is 1. The fourth-order valence-corrected chi connectivity index (χ4v) is 1.30. The molecule has 2 nitrogen and oxygen atoms in total. The highest BCUT2D eigenvalue weighted by molar-refractivity contribution is 5.35. The molecular weight excluding hydrogens is 193 g/mol. The Labute approximate surface area is 89.6 Å². The third-order valence-electron chi connectivity index (χ3n) is 2.02. The molecule has 82 valence electrons. The van der Waals surface area contributed by atoms with Crippen molar-refractivity contribution in [2.45, 2.75) is 13.3 Å². The van der Waals surface area contributed by atoms with Gasteiger partial charge in [0.15, 0.2) is 11.6 Å². The lowest BCUT2D eigenvalue weighted by Crippen LogP contribution is -2.06. The van der Waals surface area contributed by atoms with Crippen molar-refractivity contribution < 1.29 is 9.13 Å². The first-order valence-corrected chi connectivity index (χ1v) is 5.01. The largest absolute Gasteiger partial charge is 0.486 e. The summed E-state index contributed by atoms with van der Waals surface area (Å²) in [6.45, 7) is 2.77. The lowest BCUT2D eigenvalue weighted by atomic mass is 10.1. The monoisotopic (exact) mass is 209 g/mol. The Morgan fingerprint density at radius 3 is 2.93 bits per heavy atom. The van der Waals surface area contributed by atoms with E-state index < -0.39 is 0 Å². The Kier molecular flexibility index (Phi) is 4.84. The molecule has 0 saturated carbocycles. The van der Waals surface area contributed by atoms with Crippen LogP contribution < -0.4 is 10.5 Å². The van der Waals surface area contributed by atoms with Crippen molar-refractivity contribution in [3.8, 4) is 5.75 Å². The van der Waals surface area contributed by atoms with Gasteiger partial charge >= 0.3 is 0 Å². The molecule has 1 aromatic rings. The number of ether oxygens (including phenoxy) is 1.